The second kappa shape index (κ2) is 7.53. The molecule has 7 heteroatoms. The Morgan fingerprint density at radius 2 is 2.04 bits per heavy atom. The van der Waals surface area contributed by atoms with Crippen LogP contribution in [0.15, 0.2) is 53.5 Å². The third-order valence-electron chi connectivity index (χ3n) is 3.17. The van der Waals surface area contributed by atoms with E-state index in [9.17, 15) is 18.4 Å². The second-order valence-corrected chi connectivity index (χ2v) is 4.91. The number of hydrogen-bond donors (Lipinski definition) is 1. The van der Waals surface area contributed by atoms with Crippen LogP contribution in [0.3, 0.4) is 0 Å². The maximum atomic E-state index is 12.2. The van der Waals surface area contributed by atoms with E-state index in [0.29, 0.717) is 5.56 Å². The number of amides is 1. The molecule has 0 saturated heterocycles. The van der Waals surface area contributed by atoms with Gasteiger partial charge in [0.15, 0.2) is 0 Å². The summed E-state index contributed by atoms with van der Waals surface area (Å²) < 4.78 is 30.0. The topological polar surface area (TPSA) is 60.3 Å². The highest BCUT2D eigenvalue weighted by Crippen LogP contribution is 2.20. The number of nitrogens with zero attached hydrogens (tertiary/aromatic N) is 1. The molecule has 0 bridgehead atoms. The summed E-state index contributed by atoms with van der Waals surface area (Å²) in [6.45, 7) is -1.30. The van der Waals surface area contributed by atoms with Crippen LogP contribution in [-0.4, -0.2) is 17.1 Å². The number of carbonyl (C=O) groups excluding carboxylic acids is 1. The molecule has 0 aliphatic carbocycles. The minimum Gasteiger partial charge on any atom is -0.435 e. The third-order valence-corrected chi connectivity index (χ3v) is 3.17. The average Bonchev–Trinajstić information content (AvgIpc) is 2.49. The largest absolute Gasteiger partial charge is 0.435 e. The first-order valence-electron chi connectivity index (χ1n) is 6.95. The van der Waals surface area contributed by atoms with Gasteiger partial charge in [0.1, 0.15) is 12.3 Å². The molecule has 0 spiro atoms. The van der Waals surface area contributed by atoms with E-state index in [1.807, 2.05) is 0 Å². The first-order valence-corrected chi connectivity index (χ1v) is 6.95. The van der Waals surface area contributed by atoms with Crippen LogP contribution in [0.5, 0.6) is 5.75 Å². The molecule has 1 unspecified atom stereocenters. The molecular weight excluding hydrogens is 306 g/mol. The third kappa shape index (κ3) is 4.91. The predicted molar refractivity (Wildman–Crippen MR) is 80.3 cm³/mol. The van der Waals surface area contributed by atoms with Crippen molar-refractivity contribution in [3.8, 4) is 5.75 Å². The average molecular weight is 322 g/mol. The number of hydrogen-bond acceptors (Lipinski definition) is 3. The van der Waals surface area contributed by atoms with E-state index in [0.717, 1.165) is 0 Å². The maximum absolute atomic E-state index is 12.2. The molecule has 0 saturated carbocycles. The van der Waals surface area contributed by atoms with E-state index in [1.54, 1.807) is 31.2 Å². The Bertz CT molecular complexity index is 731. The van der Waals surface area contributed by atoms with E-state index in [2.05, 4.69) is 10.1 Å². The fraction of sp³-hybridized carbons (Fsp3) is 0.250. The number of carbonyl (C=O) groups is 1. The number of halogens is 2. The zero-order valence-electron chi connectivity index (χ0n) is 12.4. The summed E-state index contributed by atoms with van der Waals surface area (Å²) >= 11 is 0. The lowest BCUT2D eigenvalue weighted by atomic mass is 10.1. The van der Waals surface area contributed by atoms with Crippen molar-refractivity contribution in [2.75, 3.05) is 0 Å². The van der Waals surface area contributed by atoms with Crippen molar-refractivity contribution in [1.29, 1.82) is 0 Å². The van der Waals surface area contributed by atoms with Gasteiger partial charge >= 0.3 is 6.61 Å². The van der Waals surface area contributed by atoms with Crippen LogP contribution >= 0.6 is 0 Å². The van der Waals surface area contributed by atoms with Gasteiger partial charge in [0.25, 0.3) is 5.56 Å². The number of ether oxygens (including phenoxy) is 1. The second-order valence-electron chi connectivity index (χ2n) is 4.91. The molecule has 0 aliphatic heterocycles. The van der Waals surface area contributed by atoms with Crippen LogP contribution in [0.4, 0.5) is 8.78 Å². The first kappa shape index (κ1) is 16.7. The normalized spacial score (nSPS) is 12.0. The van der Waals surface area contributed by atoms with Crippen LogP contribution in [0.1, 0.15) is 18.5 Å². The molecule has 1 heterocycles. The summed E-state index contributed by atoms with van der Waals surface area (Å²) in [6.07, 6.45) is 1.52. The SMILES string of the molecule is CC(NC(=O)Cn1ccccc1=O)c1cccc(OC(F)F)c1. The number of aromatic nitrogens is 1. The Kier molecular flexibility index (Phi) is 5.46. The maximum Gasteiger partial charge on any atom is 0.387 e. The van der Waals surface area contributed by atoms with Crippen molar-refractivity contribution < 1.29 is 18.3 Å². The van der Waals surface area contributed by atoms with Gasteiger partial charge in [-0.3, -0.25) is 9.59 Å². The van der Waals surface area contributed by atoms with Gasteiger partial charge in [-0.1, -0.05) is 18.2 Å². The Hall–Kier alpha value is -2.70. The van der Waals surface area contributed by atoms with E-state index in [4.69, 9.17) is 0 Å². The lowest BCUT2D eigenvalue weighted by Gasteiger charge is -2.16. The fourth-order valence-corrected chi connectivity index (χ4v) is 2.08. The van der Waals surface area contributed by atoms with E-state index in [1.165, 1.54) is 29.0 Å². The predicted octanol–water partition coefficient (Wildman–Crippen LogP) is 2.33. The Morgan fingerprint density at radius 3 is 2.74 bits per heavy atom. The van der Waals surface area contributed by atoms with Gasteiger partial charge in [-0.2, -0.15) is 8.78 Å². The summed E-state index contributed by atoms with van der Waals surface area (Å²) in [5.74, 6) is -0.330. The minimum atomic E-state index is -2.90. The van der Waals surface area contributed by atoms with Crippen molar-refractivity contribution in [2.45, 2.75) is 26.1 Å². The van der Waals surface area contributed by atoms with Crippen LogP contribution < -0.4 is 15.6 Å². The van der Waals surface area contributed by atoms with Gasteiger partial charge in [0.2, 0.25) is 5.91 Å². The molecule has 1 N–H and O–H groups in total. The monoisotopic (exact) mass is 322 g/mol. The van der Waals surface area contributed by atoms with Gasteiger partial charge in [0, 0.05) is 12.3 Å². The fourth-order valence-electron chi connectivity index (χ4n) is 2.08. The molecule has 1 aromatic heterocycles. The van der Waals surface area contributed by atoms with Crippen molar-refractivity contribution in [3.05, 3.63) is 64.6 Å². The van der Waals surface area contributed by atoms with Gasteiger partial charge in [-0.15, -0.1) is 0 Å². The molecule has 0 aliphatic rings. The number of alkyl halides is 2. The van der Waals surface area contributed by atoms with E-state index >= 15 is 0 Å². The number of pyridine rings is 1. The lowest BCUT2D eigenvalue weighted by Crippen LogP contribution is -2.33. The lowest BCUT2D eigenvalue weighted by molar-refractivity contribution is -0.122. The molecule has 5 nitrogen and oxygen atoms in total. The molecule has 23 heavy (non-hydrogen) atoms. The molecule has 0 fully saturated rings. The molecule has 1 aromatic carbocycles. The van der Waals surface area contributed by atoms with Crippen LogP contribution in [0.2, 0.25) is 0 Å². The highest BCUT2D eigenvalue weighted by atomic mass is 19.3. The first-order chi connectivity index (χ1) is 11.0. The smallest absolute Gasteiger partial charge is 0.387 e. The van der Waals surface area contributed by atoms with E-state index < -0.39 is 12.7 Å². The van der Waals surface area contributed by atoms with Crippen molar-refractivity contribution >= 4 is 5.91 Å². The molecule has 1 amide bonds. The molecule has 2 aromatic rings. The van der Waals surface area contributed by atoms with Crippen LogP contribution in [-0.2, 0) is 11.3 Å². The van der Waals surface area contributed by atoms with Crippen LogP contribution in [0.25, 0.3) is 0 Å². The Labute approximate surface area is 131 Å². The Morgan fingerprint density at radius 1 is 1.26 bits per heavy atom. The molecular formula is C16H16F2N2O3. The Balaban J connectivity index is 2.01. The highest BCUT2D eigenvalue weighted by Gasteiger charge is 2.12. The highest BCUT2D eigenvalue weighted by molar-refractivity contribution is 5.76. The van der Waals surface area contributed by atoms with E-state index in [-0.39, 0.29) is 23.8 Å². The molecule has 2 rings (SSSR count). The number of benzene rings is 1. The zero-order chi connectivity index (χ0) is 16.8. The summed E-state index contributed by atoms with van der Waals surface area (Å²) in [6, 6.07) is 10.3. The minimum absolute atomic E-state index is 0.0258. The van der Waals surface area contributed by atoms with Crippen molar-refractivity contribution in [1.82, 2.24) is 9.88 Å². The van der Waals surface area contributed by atoms with Gasteiger partial charge < -0.3 is 14.6 Å². The number of rotatable bonds is 6. The summed E-state index contributed by atoms with van der Waals surface area (Å²) in [4.78, 5) is 23.5. The molecule has 1 atom stereocenters. The molecule has 122 valence electrons. The summed E-state index contributed by atoms with van der Waals surface area (Å²) in [5.41, 5.74) is 0.347. The quantitative estimate of drug-likeness (QED) is 0.888. The van der Waals surface area contributed by atoms with Crippen LogP contribution in [0, 0.1) is 0 Å². The van der Waals surface area contributed by atoms with Gasteiger partial charge in [-0.25, -0.2) is 0 Å². The molecule has 0 radical (unpaired) electrons. The standard InChI is InChI=1S/C16H16F2N2O3/c1-11(12-5-4-6-13(9-12)23-16(17)18)19-14(21)10-20-8-3-2-7-15(20)22/h2-9,11,16H,10H2,1H3,(H,19,21). The zero-order valence-corrected chi connectivity index (χ0v) is 12.4. The summed E-state index contributed by atoms with van der Waals surface area (Å²) in [5, 5.41) is 2.71. The van der Waals surface area contributed by atoms with Gasteiger partial charge in [0.05, 0.1) is 6.04 Å². The van der Waals surface area contributed by atoms with Gasteiger partial charge in [-0.05, 0) is 30.7 Å². The number of nitrogens with one attached hydrogen (secondary N) is 1. The summed E-state index contributed by atoms with van der Waals surface area (Å²) in [7, 11) is 0. The van der Waals surface area contributed by atoms with Crippen molar-refractivity contribution in [2.24, 2.45) is 0 Å². The van der Waals surface area contributed by atoms with Crippen molar-refractivity contribution in [3.63, 3.8) is 0 Å².